The minimum absolute atomic E-state index is 0.0501. The highest BCUT2D eigenvalue weighted by Crippen LogP contribution is 2.19. The number of hydrogen-bond donors (Lipinski definition) is 3. The smallest absolute Gasteiger partial charge is 0.239 e. The number of carbonyl (C=O) groups is 1. The molecule has 6 heteroatoms. The van der Waals surface area contributed by atoms with Crippen LogP contribution in [-0.4, -0.2) is 30.5 Å². The van der Waals surface area contributed by atoms with E-state index in [1.807, 2.05) is 18.0 Å². The zero-order valence-electron chi connectivity index (χ0n) is 9.81. The largest absolute Gasteiger partial charge is 0.365 e. The van der Waals surface area contributed by atoms with Crippen molar-refractivity contribution >= 4 is 17.4 Å². The molecular formula is C11H17N5O. The normalized spacial score (nSPS) is 14.2. The minimum Gasteiger partial charge on any atom is -0.365 e. The van der Waals surface area contributed by atoms with Crippen molar-refractivity contribution in [2.45, 2.75) is 18.9 Å². The van der Waals surface area contributed by atoms with Crippen molar-refractivity contribution in [1.29, 1.82) is 0 Å². The number of aromatic nitrogens is 1. The van der Waals surface area contributed by atoms with Crippen molar-refractivity contribution in [3.05, 3.63) is 18.3 Å². The van der Waals surface area contributed by atoms with Gasteiger partial charge in [-0.05, 0) is 18.9 Å². The third-order valence-corrected chi connectivity index (χ3v) is 2.66. The molecule has 1 fully saturated rings. The Bertz CT molecular complexity index is 405. The van der Waals surface area contributed by atoms with Gasteiger partial charge < -0.3 is 15.6 Å². The summed E-state index contributed by atoms with van der Waals surface area (Å²) < 4.78 is 0. The van der Waals surface area contributed by atoms with E-state index in [1.165, 1.54) is 0 Å². The molecule has 1 aliphatic rings. The van der Waals surface area contributed by atoms with E-state index in [2.05, 4.69) is 15.7 Å². The summed E-state index contributed by atoms with van der Waals surface area (Å²) in [5.41, 5.74) is 3.38. The molecule has 0 aliphatic heterocycles. The number of rotatable bonds is 5. The summed E-state index contributed by atoms with van der Waals surface area (Å²) in [4.78, 5) is 17.5. The second-order valence-electron chi connectivity index (χ2n) is 4.24. The maximum atomic E-state index is 11.6. The monoisotopic (exact) mass is 235 g/mol. The van der Waals surface area contributed by atoms with Crippen LogP contribution in [0.4, 0.5) is 11.5 Å². The van der Waals surface area contributed by atoms with Gasteiger partial charge in [0.25, 0.3) is 0 Å². The van der Waals surface area contributed by atoms with Gasteiger partial charge in [-0.2, -0.15) is 0 Å². The molecule has 1 amide bonds. The van der Waals surface area contributed by atoms with Gasteiger partial charge in [-0.1, -0.05) is 0 Å². The molecule has 0 saturated heterocycles. The number of nitrogen functional groups attached to an aromatic ring is 1. The Kier molecular flexibility index (Phi) is 3.43. The molecular weight excluding hydrogens is 218 g/mol. The standard InChI is InChI=1S/C11H17N5O/c1-16(7-11(17)14-8-2-3-8)9-4-5-13-10(6-9)15-12/h4-6,8H,2-3,7,12H2,1H3,(H,13,15)(H,14,17). The minimum atomic E-state index is 0.0501. The number of carbonyl (C=O) groups excluding carboxylic acids is 1. The summed E-state index contributed by atoms with van der Waals surface area (Å²) in [6.45, 7) is 0.338. The molecule has 17 heavy (non-hydrogen) atoms. The summed E-state index contributed by atoms with van der Waals surface area (Å²) in [6, 6.07) is 4.03. The van der Waals surface area contributed by atoms with Crippen LogP contribution in [0.3, 0.4) is 0 Å². The molecule has 1 aromatic rings. The molecule has 4 N–H and O–H groups in total. The average molecular weight is 235 g/mol. The molecule has 6 nitrogen and oxygen atoms in total. The Labute approximate surface area is 100 Å². The van der Waals surface area contributed by atoms with Gasteiger partial charge in [-0.25, -0.2) is 10.8 Å². The Hall–Kier alpha value is -1.82. The lowest BCUT2D eigenvalue weighted by Crippen LogP contribution is -2.36. The topological polar surface area (TPSA) is 83.3 Å². The number of nitrogens with zero attached hydrogens (tertiary/aromatic N) is 2. The fraction of sp³-hybridized carbons (Fsp3) is 0.455. The van der Waals surface area contributed by atoms with Crippen molar-refractivity contribution in [2.75, 3.05) is 23.9 Å². The predicted molar refractivity (Wildman–Crippen MR) is 66.5 cm³/mol. The average Bonchev–Trinajstić information content (AvgIpc) is 3.12. The quantitative estimate of drug-likeness (QED) is 0.497. The van der Waals surface area contributed by atoms with Crippen molar-refractivity contribution < 1.29 is 4.79 Å². The molecule has 0 radical (unpaired) electrons. The highest BCUT2D eigenvalue weighted by atomic mass is 16.2. The summed E-state index contributed by atoms with van der Waals surface area (Å²) in [7, 11) is 1.86. The molecule has 2 rings (SSSR count). The molecule has 0 unspecified atom stereocenters. The van der Waals surface area contributed by atoms with E-state index >= 15 is 0 Å². The van der Waals surface area contributed by atoms with Crippen molar-refractivity contribution in [3.8, 4) is 0 Å². The number of pyridine rings is 1. The Morgan fingerprint density at radius 2 is 2.41 bits per heavy atom. The lowest BCUT2D eigenvalue weighted by Gasteiger charge is -2.19. The van der Waals surface area contributed by atoms with Gasteiger partial charge in [0.15, 0.2) is 0 Å². The van der Waals surface area contributed by atoms with E-state index in [1.54, 1.807) is 12.3 Å². The van der Waals surface area contributed by atoms with Crippen LogP contribution in [0.1, 0.15) is 12.8 Å². The number of hydrazine groups is 1. The Balaban J connectivity index is 1.92. The lowest BCUT2D eigenvalue weighted by molar-refractivity contribution is -0.119. The Morgan fingerprint density at radius 3 is 3.06 bits per heavy atom. The van der Waals surface area contributed by atoms with E-state index in [4.69, 9.17) is 5.84 Å². The van der Waals surface area contributed by atoms with Gasteiger partial charge in [0.1, 0.15) is 5.82 Å². The second-order valence-corrected chi connectivity index (χ2v) is 4.24. The van der Waals surface area contributed by atoms with Gasteiger partial charge in [-0.15, -0.1) is 0 Å². The van der Waals surface area contributed by atoms with E-state index < -0.39 is 0 Å². The highest BCUT2D eigenvalue weighted by molar-refractivity contribution is 5.81. The predicted octanol–water partition coefficient (Wildman–Crippen LogP) is 0.0820. The van der Waals surface area contributed by atoms with E-state index in [-0.39, 0.29) is 5.91 Å². The van der Waals surface area contributed by atoms with Gasteiger partial charge in [-0.3, -0.25) is 4.79 Å². The molecule has 0 bridgehead atoms. The fourth-order valence-corrected chi connectivity index (χ4v) is 1.54. The molecule has 1 saturated carbocycles. The summed E-state index contributed by atoms with van der Waals surface area (Å²) in [6.07, 6.45) is 3.86. The SMILES string of the molecule is CN(CC(=O)NC1CC1)c1ccnc(NN)c1. The van der Waals surface area contributed by atoms with Crippen LogP contribution in [0.15, 0.2) is 18.3 Å². The summed E-state index contributed by atoms with van der Waals surface area (Å²) in [5.74, 6) is 5.91. The Morgan fingerprint density at radius 1 is 1.65 bits per heavy atom. The van der Waals surface area contributed by atoms with Gasteiger partial charge in [0, 0.05) is 31.0 Å². The van der Waals surface area contributed by atoms with E-state index in [9.17, 15) is 4.79 Å². The molecule has 1 aromatic heterocycles. The van der Waals surface area contributed by atoms with Gasteiger partial charge in [0.05, 0.1) is 6.54 Å². The number of nitrogens with one attached hydrogen (secondary N) is 2. The number of hydrogen-bond acceptors (Lipinski definition) is 5. The van der Waals surface area contributed by atoms with Gasteiger partial charge in [0.2, 0.25) is 5.91 Å². The first-order valence-corrected chi connectivity index (χ1v) is 5.62. The highest BCUT2D eigenvalue weighted by Gasteiger charge is 2.23. The van der Waals surface area contributed by atoms with Crippen molar-refractivity contribution in [1.82, 2.24) is 10.3 Å². The number of nitrogens with two attached hydrogens (primary N) is 1. The molecule has 1 aliphatic carbocycles. The molecule has 92 valence electrons. The third kappa shape index (κ3) is 3.32. The van der Waals surface area contributed by atoms with Crippen LogP contribution in [0.2, 0.25) is 0 Å². The first-order valence-electron chi connectivity index (χ1n) is 5.62. The molecule has 0 aromatic carbocycles. The zero-order valence-corrected chi connectivity index (χ0v) is 9.81. The number of anilines is 2. The zero-order chi connectivity index (χ0) is 12.3. The summed E-state index contributed by atoms with van der Waals surface area (Å²) >= 11 is 0. The van der Waals surface area contributed by atoms with Crippen molar-refractivity contribution in [3.63, 3.8) is 0 Å². The molecule has 0 atom stereocenters. The van der Waals surface area contributed by atoms with Crippen LogP contribution in [0.25, 0.3) is 0 Å². The van der Waals surface area contributed by atoms with Crippen LogP contribution < -0.4 is 21.5 Å². The first-order chi connectivity index (χ1) is 8.19. The first kappa shape index (κ1) is 11.7. The maximum Gasteiger partial charge on any atom is 0.239 e. The van der Waals surface area contributed by atoms with Crippen LogP contribution in [0, 0.1) is 0 Å². The second kappa shape index (κ2) is 5.01. The number of amides is 1. The van der Waals surface area contributed by atoms with E-state index in [0.717, 1.165) is 18.5 Å². The number of likely N-dealkylation sites (N-methyl/N-ethyl adjacent to an activating group) is 1. The van der Waals surface area contributed by atoms with Gasteiger partial charge >= 0.3 is 0 Å². The van der Waals surface area contributed by atoms with Crippen LogP contribution in [-0.2, 0) is 4.79 Å². The molecule has 0 spiro atoms. The lowest BCUT2D eigenvalue weighted by atomic mass is 10.3. The summed E-state index contributed by atoms with van der Waals surface area (Å²) in [5, 5.41) is 2.95. The maximum absolute atomic E-state index is 11.6. The van der Waals surface area contributed by atoms with Crippen molar-refractivity contribution in [2.24, 2.45) is 5.84 Å². The van der Waals surface area contributed by atoms with E-state index in [0.29, 0.717) is 18.4 Å². The molecule has 1 heterocycles. The fourth-order valence-electron chi connectivity index (χ4n) is 1.54. The van der Waals surface area contributed by atoms with Crippen LogP contribution in [0.5, 0.6) is 0 Å². The third-order valence-electron chi connectivity index (χ3n) is 2.66. The van der Waals surface area contributed by atoms with Crippen LogP contribution >= 0.6 is 0 Å².